The topological polar surface area (TPSA) is 141 Å². The lowest BCUT2D eigenvalue weighted by Gasteiger charge is -2.72. The molecule has 2 amide bonds. The summed E-state index contributed by atoms with van der Waals surface area (Å²) in [6.07, 6.45) is 12.1. The molecule has 5 aliphatic carbocycles. The second-order valence-corrected chi connectivity index (χ2v) is 19.0. The number of hydrogen-bond donors (Lipinski definition) is 4. The number of nitrogens with zero attached hydrogens (tertiary/aromatic N) is 1. The van der Waals surface area contributed by atoms with Crippen molar-refractivity contribution in [1.82, 2.24) is 4.90 Å². The summed E-state index contributed by atoms with van der Waals surface area (Å²) in [4.78, 5) is 42.0. The molecule has 0 saturated heterocycles. The number of hydrogen-bond acceptors (Lipinski definition) is 6. The number of amides is 2. The summed E-state index contributed by atoms with van der Waals surface area (Å²) in [6, 6.07) is 0. The number of carboxylic acid groups (broad SMARTS) is 1. The largest absolute Gasteiger partial charge is 0.479 e. The second-order valence-electron chi connectivity index (χ2n) is 19.0. The molecule has 0 aromatic carbocycles. The Bertz CT molecular complexity index is 1300. The minimum absolute atomic E-state index is 0.0417. The Hall–Kier alpha value is -1.77. The SMILES string of the molecule is C=C(C)[C@@H]1CC[C@]2(C(=O)N(CCCCCCCN)C(=O)CC[C@H](O)C(=O)O)CC[C@]3(C)[C@H](CCC4[C@@]5(C)CC[C@H](O)C(C)(C)[C@@H]5CC[C@]43C)[C@@H]12. The standard InChI is InChI=1S/C42H70N2O6/c1-27(2)28-17-22-42(37(50)44(26-12-10-8-9-11-25-43)34(47)16-14-30(45)36(48)49)24-23-40(6)29(35(28)42)13-15-32-39(5)20-19-33(46)38(3,4)31(39)18-21-41(32,40)7/h28-33,35,45-46H,1,8-26,43H2,2-7H3,(H,48,49)/t28-,29+,30-,31-,32?,33-,35+,39-,40+,41+,42-/m0/s1. The van der Waals surface area contributed by atoms with Crippen LogP contribution < -0.4 is 5.73 Å². The van der Waals surface area contributed by atoms with Gasteiger partial charge in [0, 0.05) is 13.0 Å². The van der Waals surface area contributed by atoms with Gasteiger partial charge in [-0.25, -0.2) is 4.79 Å². The highest BCUT2D eigenvalue weighted by Gasteiger charge is 2.72. The number of aliphatic hydroxyl groups excluding tert-OH is 2. The molecule has 0 aliphatic heterocycles. The van der Waals surface area contributed by atoms with E-state index in [-0.39, 0.29) is 64.3 Å². The summed E-state index contributed by atoms with van der Waals surface area (Å²) in [5, 5.41) is 30.4. The first-order valence-corrected chi connectivity index (χ1v) is 20.2. The molecular formula is C42H70N2O6. The number of fused-ring (bicyclic) bond motifs is 7. The fraction of sp³-hybridized carbons (Fsp3) is 0.881. The first-order valence-electron chi connectivity index (χ1n) is 20.2. The van der Waals surface area contributed by atoms with Crippen LogP contribution in [-0.2, 0) is 14.4 Å². The lowest BCUT2D eigenvalue weighted by atomic mass is 9.32. The number of allylic oxidation sites excluding steroid dienone is 1. The fourth-order valence-corrected chi connectivity index (χ4v) is 13.6. The Kier molecular flexibility index (Phi) is 11.5. The number of aliphatic hydroxyl groups is 2. The van der Waals surface area contributed by atoms with Crippen LogP contribution in [0, 0.1) is 56.7 Å². The normalized spacial score (nSPS) is 40.8. The molecule has 0 radical (unpaired) electrons. The monoisotopic (exact) mass is 699 g/mol. The maximum atomic E-state index is 15.2. The second kappa shape index (κ2) is 14.6. The molecule has 0 bridgehead atoms. The van der Waals surface area contributed by atoms with Gasteiger partial charge in [0.25, 0.3) is 0 Å². The van der Waals surface area contributed by atoms with Gasteiger partial charge in [0.15, 0.2) is 6.10 Å². The van der Waals surface area contributed by atoms with Crippen LogP contribution in [-0.4, -0.2) is 63.3 Å². The van der Waals surface area contributed by atoms with E-state index in [2.05, 4.69) is 48.1 Å². The minimum atomic E-state index is -1.63. The van der Waals surface area contributed by atoms with Crippen molar-refractivity contribution < 1.29 is 29.7 Å². The van der Waals surface area contributed by atoms with Crippen molar-refractivity contribution in [2.75, 3.05) is 13.1 Å². The molecule has 5 rings (SSSR count). The van der Waals surface area contributed by atoms with Gasteiger partial charge in [-0.3, -0.25) is 14.5 Å². The van der Waals surface area contributed by atoms with Gasteiger partial charge >= 0.3 is 5.97 Å². The van der Waals surface area contributed by atoms with Crippen LogP contribution in [0.5, 0.6) is 0 Å². The molecule has 284 valence electrons. The van der Waals surface area contributed by atoms with E-state index < -0.39 is 17.5 Å². The van der Waals surface area contributed by atoms with Gasteiger partial charge in [-0.1, -0.05) is 66.0 Å². The molecule has 0 aromatic heterocycles. The Morgan fingerprint density at radius 1 is 0.840 bits per heavy atom. The van der Waals surface area contributed by atoms with E-state index in [0.29, 0.717) is 37.3 Å². The van der Waals surface area contributed by atoms with Crippen molar-refractivity contribution in [2.45, 2.75) is 163 Å². The van der Waals surface area contributed by atoms with Crippen molar-refractivity contribution >= 4 is 17.8 Å². The smallest absolute Gasteiger partial charge is 0.332 e. The zero-order valence-corrected chi connectivity index (χ0v) is 32.3. The molecule has 8 nitrogen and oxygen atoms in total. The number of unbranched alkanes of at least 4 members (excludes halogenated alkanes) is 4. The summed E-state index contributed by atoms with van der Waals surface area (Å²) in [5.41, 5.74) is 6.42. The van der Waals surface area contributed by atoms with E-state index in [1.807, 2.05) is 0 Å². The van der Waals surface area contributed by atoms with Crippen LogP contribution in [0.15, 0.2) is 12.2 Å². The van der Waals surface area contributed by atoms with Crippen molar-refractivity contribution in [2.24, 2.45) is 62.4 Å². The molecule has 50 heavy (non-hydrogen) atoms. The number of rotatable bonds is 13. The molecule has 5 saturated carbocycles. The fourth-order valence-electron chi connectivity index (χ4n) is 13.6. The Labute approximate surface area is 302 Å². The molecule has 0 aromatic rings. The maximum absolute atomic E-state index is 15.2. The zero-order valence-electron chi connectivity index (χ0n) is 32.3. The first kappa shape index (κ1) is 39.4. The van der Waals surface area contributed by atoms with Crippen molar-refractivity contribution in [3.05, 3.63) is 12.2 Å². The van der Waals surface area contributed by atoms with Gasteiger partial charge in [-0.15, -0.1) is 0 Å². The first-order chi connectivity index (χ1) is 23.4. The molecule has 5 N–H and O–H groups in total. The molecular weight excluding hydrogens is 628 g/mol. The van der Waals surface area contributed by atoms with Crippen LogP contribution in [0.1, 0.15) is 151 Å². The number of carbonyl (C=O) groups is 3. The summed E-state index contributed by atoms with van der Waals surface area (Å²) in [5.74, 6) is -0.0309. The Balaban J connectivity index is 1.47. The predicted octanol–water partition coefficient (Wildman–Crippen LogP) is 7.50. The average Bonchev–Trinajstić information content (AvgIpc) is 3.46. The number of nitrogens with two attached hydrogens (primary N) is 1. The molecule has 5 aliphatic rings. The zero-order chi connectivity index (χ0) is 36.9. The summed E-state index contributed by atoms with van der Waals surface area (Å²) in [6.45, 7) is 19.9. The van der Waals surface area contributed by atoms with E-state index >= 15 is 4.79 Å². The minimum Gasteiger partial charge on any atom is -0.479 e. The molecule has 1 unspecified atom stereocenters. The molecule has 5 fully saturated rings. The van der Waals surface area contributed by atoms with E-state index in [4.69, 9.17) is 5.73 Å². The van der Waals surface area contributed by atoms with Crippen molar-refractivity contribution in [3.63, 3.8) is 0 Å². The van der Waals surface area contributed by atoms with Crippen LogP contribution in [0.25, 0.3) is 0 Å². The maximum Gasteiger partial charge on any atom is 0.332 e. The lowest BCUT2D eigenvalue weighted by molar-refractivity contribution is -0.247. The Morgan fingerprint density at radius 3 is 2.18 bits per heavy atom. The number of imide groups is 1. The number of carboxylic acids is 1. The van der Waals surface area contributed by atoms with E-state index in [9.17, 15) is 24.9 Å². The van der Waals surface area contributed by atoms with Gasteiger partial charge in [0.2, 0.25) is 11.8 Å². The number of aliphatic carboxylic acids is 1. The summed E-state index contributed by atoms with van der Waals surface area (Å²) >= 11 is 0. The number of carbonyl (C=O) groups excluding carboxylic acids is 2. The third-order valence-corrected chi connectivity index (χ3v) is 16.5. The third kappa shape index (κ3) is 6.33. The molecule has 0 spiro atoms. The molecule has 0 heterocycles. The van der Waals surface area contributed by atoms with Gasteiger partial charge in [-0.05, 0) is 148 Å². The van der Waals surface area contributed by atoms with E-state index in [1.54, 1.807) is 0 Å². The van der Waals surface area contributed by atoms with Crippen LogP contribution in [0.4, 0.5) is 0 Å². The van der Waals surface area contributed by atoms with Crippen molar-refractivity contribution in [1.29, 1.82) is 0 Å². The van der Waals surface area contributed by atoms with Gasteiger partial charge in [-0.2, -0.15) is 0 Å². The average molecular weight is 699 g/mol. The van der Waals surface area contributed by atoms with Crippen LogP contribution in [0.3, 0.4) is 0 Å². The van der Waals surface area contributed by atoms with Gasteiger partial charge in [0.05, 0.1) is 11.5 Å². The van der Waals surface area contributed by atoms with E-state index in [0.717, 1.165) is 95.5 Å². The molecule has 8 heteroatoms. The van der Waals surface area contributed by atoms with Gasteiger partial charge in [0.1, 0.15) is 0 Å². The van der Waals surface area contributed by atoms with Crippen LogP contribution in [0.2, 0.25) is 0 Å². The highest BCUT2D eigenvalue weighted by molar-refractivity contribution is 5.98. The summed E-state index contributed by atoms with van der Waals surface area (Å²) in [7, 11) is 0. The van der Waals surface area contributed by atoms with Crippen LogP contribution >= 0.6 is 0 Å². The highest BCUT2D eigenvalue weighted by Crippen LogP contribution is 2.77. The quantitative estimate of drug-likeness (QED) is 0.115. The lowest BCUT2D eigenvalue weighted by Crippen LogP contribution is -2.67. The molecule has 11 atom stereocenters. The van der Waals surface area contributed by atoms with Crippen molar-refractivity contribution in [3.8, 4) is 0 Å². The predicted molar refractivity (Wildman–Crippen MR) is 197 cm³/mol. The van der Waals surface area contributed by atoms with E-state index in [1.165, 1.54) is 4.90 Å². The third-order valence-electron chi connectivity index (χ3n) is 16.5. The summed E-state index contributed by atoms with van der Waals surface area (Å²) < 4.78 is 0. The van der Waals surface area contributed by atoms with Gasteiger partial charge < -0.3 is 21.1 Å². The highest BCUT2D eigenvalue weighted by atomic mass is 16.4. The Morgan fingerprint density at radius 2 is 1.52 bits per heavy atom.